The highest BCUT2D eigenvalue weighted by molar-refractivity contribution is 6.10. The van der Waals surface area contributed by atoms with Gasteiger partial charge in [-0.25, -0.2) is 9.18 Å². The second-order valence-electron chi connectivity index (χ2n) is 6.65. The van der Waals surface area contributed by atoms with Crippen molar-refractivity contribution in [3.8, 4) is 0 Å². The number of carbonyl (C=O) groups is 3. The van der Waals surface area contributed by atoms with Crippen LogP contribution in [0.1, 0.15) is 12.7 Å². The molecule has 1 atom stereocenters. The van der Waals surface area contributed by atoms with Crippen LogP contribution in [-0.2, 0) is 15.1 Å². The molecule has 1 fully saturated rings. The Kier molecular flexibility index (Phi) is 4.11. The van der Waals surface area contributed by atoms with Gasteiger partial charge >= 0.3 is 6.03 Å². The predicted molar refractivity (Wildman–Crippen MR) is 98.8 cm³/mol. The molecule has 1 saturated heterocycles. The molecule has 0 bridgehead atoms. The normalized spacial score (nSPS) is 19.1. The fourth-order valence-corrected chi connectivity index (χ4v) is 3.11. The van der Waals surface area contributed by atoms with E-state index in [-0.39, 0.29) is 5.76 Å². The number of nitrogens with one attached hydrogen (secondary N) is 2. The number of hydrogen-bond donors (Lipinski definition) is 2. The number of urea groups is 1. The van der Waals surface area contributed by atoms with Crippen LogP contribution in [0.3, 0.4) is 0 Å². The summed E-state index contributed by atoms with van der Waals surface area (Å²) in [7, 11) is 0. The second-order valence-corrected chi connectivity index (χ2v) is 6.65. The maximum absolute atomic E-state index is 13.0. The van der Waals surface area contributed by atoms with Gasteiger partial charge in [-0.15, -0.1) is 0 Å². The van der Waals surface area contributed by atoms with Crippen molar-refractivity contribution in [2.45, 2.75) is 12.5 Å². The molecule has 1 aliphatic rings. The van der Waals surface area contributed by atoms with E-state index in [4.69, 9.17) is 4.42 Å². The first-order valence-electron chi connectivity index (χ1n) is 8.55. The van der Waals surface area contributed by atoms with Gasteiger partial charge in [-0.2, -0.15) is 0 Å². The van der Waals surface area contributed by atoms with Gasteiger partial charge in [-0.3, -0.25) is 14.5 Å². The van der Waals surface area contributed by atoms with Crippen molar-refractivity contribution < 1.29 is 23.2 Å². The molecule has 7 nitrogen and oxygen atoms in total. The van der Waals surface area contributed by atoms with Crippen LogP contribution >= 0.6 is 0 Å². The van der Waals surface area contributed by atoms with Gasteiger partial charge < -0.3 is 15.1 Å². The van der Waals surface area contributed by atoms with Gasteiger partial charge in [0.15, 0.2) is 5.54 Å². The molecule has 4 rings (SSSR count). The Hall–Kier alpha value is -3.68. The van der Waals surface area contributed by atoms with E-state index in [0.717, 1.165) is 10.3 Å². The van der Waals surface area contributed by atoms with Crippen molar-refractivity contribution in [2.75, 3.05) is 11.9 Å². The molecular weight excluding hydrogens is 365 g/mol. The van der Waals surface area contributed by atoms with Crippen LogP contribution < -0.4 is 10.6 Å². The van der Waals surface area contributed by atoms with E-state index >= 15 is 0 Å². The lowest BCUT2D eigenvalue weighted by Crippen LogP contribution is -2.41. The third-order valence-corrected chi connectivity index (χ3v) is 4.62. The van der Waals surface area contributed by atoms with Gasteiger partial charge in [0.25, 0.3) is 5.91 Å². The highest BCUT2D eigenvalue weighted by Gasteiger charge is 2.51. The minimum atomic E-state index is -1.41. The number of amides is 4. The number of fused-ring (bicyclic) bond motifs is 1. The van der Waals surface area contributed by atoms with Gasteiger partial charge in [-0.1, -0.05) is 18.2 Å². The minimum Gasteiger partial charge on any atom is -0.458 e. The number of benzene rings is 2. The molecule has 0 radical (unpaired) electrons. The zero-order valence-electron chi connectivity index (χ0n) is 14.9. The molecule has 1 unspecified atom stereocenters. The van der Waals surface area contributed by atoms with E-state index in [1.165, 1.54) is 31.2 Å². The Morgan fingerprint density at radius 2 is 1.89 bits per heavy atom. The number of furan rings is 1. The summed E-state index contributed by atoms with van der Waals surface area (Å²) < 4.78 is 18.7. The van der Waals surface area contributed by atoms with E-state index in [1.807, 2.05) is 12.1 Å². The lowest BCUT2D eigenvalue weighted by Gasteiger charge is -2.18. The molecule has 2 aromatic carbocycles. The van der Waals surface area contributed by atoms with E-state index in [2.05, 4.69) is 10.6 Å². The van der Waals surface area contributed by atoms with Crippen LogP contribution in [0.5, 0.6) is 0 Å². The summed E-state index contributed by atoms with van der Waals surface area (Å²) in [5.74, 6) is -1.32. The number of imide groups is 1. The summed E-state index contributed by atoms with van der Waals surface area (Å²) in [6, 6.07) is 13.4. The molecule has 8 heteroatoms. The number of halogens is 1. The van der Waals surface area contributed by atoms with E-state index in [1.54, 1.807) is 18.2 Å². The Labute approximate surface area is 159 Å². The molecule has 4 amide bonds. The van der Waals surface area contributed by atoms with E-state index in [9.17, 15) is 18.8 Å². The minimum absolute atomic E-state index is 0.286. The first kappa shape index (κ1) is 17.7. The molecule has 142 valence electrons. The average Bonchev–Trinajstić information content (AvgIpc) is 3.20. The number of para-hydroxylation sites is 1. The zero-order valence-corrected chi connectivity index (χ0v) is 14.9. The lowest BCUT2D eigenvalue weighted by molar-refractivity contribution is -0.134. The van der Waals surface area contributed by atoms with Crippen LogP contribution in [0.4, 0.5) is 14.9 Å². The third kappa shape index (κ3) is 2.98. The standard InChI is InChI=1S/C20H16FN3O4/c1-20(16-10-12-4-2-3-5-15(12)28-16)18(26)24(19(27)23-20)11-17(25)22-14-8-6-13(21)7-9-14/h2-10H,11H2,1H3,(H,22,25)(H,23,27). The summed E-state index contributed by atoms with van der Waals surface area (Å²) in [5, 5.41) is 5.92. The van der Waals surface area contributed by atoms with Gasteiger partial charge in [0.2, 0.25) is 5.91 Å². The quantitative estimate of drug-likeness (QED) is 0.680. The number of hydrogen-bond acceptors (Lipinski definition) is 4. The highest BCUT2D eigenvalue weighted by atomic mass is 19.1. The number of nitrogens with zero attached hydrogens (tertiary/aromatic N) is 1. The Balaban J connectivity index is 1.53. The Morgan fingerprint density at radius 1 is 1.18 bits per heavy atom. The van der Waals surface area contributed by atoms with Crippen LogP contribution in [0.2, 0.25) is 0 Å². The van der Waals surface area contributed by atoms with E-state index < -0.39 is 35.7 Å². The molecule has 0 spiro atoms. The number of carbonyl (C=O) groups excluding carboxylic acids is 3. The maximum atomic E-state index is 13.0. The summed E-state index contributed by atoms with van der Waals surface area (Å²) in [6.07, 6.45) is 0. The summed E-state index contributed by atoms with van der Waals surface area (Å²) in [6.45, 7) is 1.06. The average molecular weight is 381 g/mol. The lowest BCUT2D eigenvalue weighted by atomic mass is 9.99. The molecule has 2 N–H and O–H groups in total. The largest absolute Gasteiger partial charge is 0.458 e. The SMILES string of the molecule is CC1(c2cc3ccccc3o2)NC(=O)N(CC(=O)Nc2ccc(F)cc2)C1=O. The second kappa shape index (κ2) is 6.49. The summed E-state index contributed by atoms with van der Waals surface area (Å²) in [5.41, 5.74) is -0.460. The molecule has 0 saturated carbocycles. The maximum Gasteiger partial charge on any atom is 0.325 e. The molecule has 1 aliphatic heterocycles. The van der Waals surface area contributed by atoms with Crippen LogP contribution in [0.25, 0.3) is 11.0 Å². The van der Waals surface area contributed by atoms with Crippen LogP contribution in [0.15, 0.2) is 59.0 Å². The van der Waals surface area contributed by atoms with Crippen molar-refractivity contribution in [1.82, 2.24) is 10.2 Å². The Morgan fingerprint density at radius 3 is 2.61 bits per heavy atom. The van der Waals surface area contributed by atoms with Gasteiger partial charge in [-0.05, 0) is 43.3 Å². The highest BCUT2D eigenvalue weighted by Crippen LogP contribution is 2.32. The smallest absolute Gasteiger partial charge is 0.325 e. The molecule has 28 heavy (non-hydrogen) atoms. The topological polar surface area (TPSA) is 91.7 Å². The van der Waals surface area contributed by atoms with E-state index in [0.29, 0.717) is 11.3 Å². The fourth-order valence-electron chi connectivity index (χ4n) is 3.11. The summed E-state index contributed by atoms with van der Waals surface area (Å²) >= 11 is 0. The molecule has 2 heterocycles. The van der Waals surface area contributed by atoms with Gasteiger partial charge in [0, 0.05) is 11.1 Å². The summed E-state index contributed by atoms with van der Waals surface area (Å²) in [4.78, 5) is 38.3. The molecule has 0 aliphatic carbocycles. The van der Waals surface area contributed by atoms with Crippen molar-refractivity contribution in [1.29, 1.82) is 0 Å². The van der Waals surface area contributed by atoms with Crippen molar-refractivity contribution >= 4 is 34.5 Å². The van der Waals surface area contributed by atoms with Crippen LogP contribution in [-0.4, -0.2) is 29.3 Å². The zero-order chi connectivity index (χ0) is 19.9. The fraction of sp³-hybridized carbons (Fsp3) is 0.150. The van der Waals surface area contributed by atoms with Crippen molar-refractivity contribution in [3.05, 3.63) is 66.2 Å². The first-order valence-corrected chi connectivity index (χ1v) is 8.55. The molecular formula is C20H16FN3O4. The third-order valence-electron chi connectivity index (χ3n) is 4.62. The predicted octanol–water partition coefficient (Wildman–Crippen LogP) is 2.98. The number of anilines is 1. The van der Waals surface area contributed by atoms with Crippen molar-refractivity contribution in [3.63, 3.8) is 0 Å². The van der Waals surface area contributed by atoms with Crippen molar-refractivity contribution in [2.24, 2.45) is 0 Å². The Bertz CT molecular complexity index is 1060. The molecule has 3 aromatic rings. The van der Waals surface area contributed by atoms with Gasteiger partial charge in [0.05, 0.1) is 0 Å². The first-order chi connectivity index (χ1) is 13.4. The number of rotatable bonds is 4. The monoisotopic (exact) mass is 381 g/mol. The molecule has 1 aromatic heterocycles. The van der Waals surface area contributed by atoms with Crippen LogP contribution in [0, 0.1) is 5.82 Å². The van der Waals surface area contributed by atoms with Gasteiger partial charge in [0.1, 0.15) is 23.7 Å².